The molecule has 3 aromatic rings. The van der Waals surface area contributed by atoms with Gasteiger partial charge in [-0.1, -0.05) is 32.0 Å². The number of imidazole rings is 1. The zero-order valence-corrected chi connectivity index (χ0v) is 16.9. The number of amides is 1. The molecular formula is C23H27N3O3. The summed E-state index contributed by atoms with van der Waals surface area (Å²) in [5.41, 5.74) is 2.79. The van der Waals surface area contributed by atoms with Crippen LogP contribution < -0.4 is 14.8 Å². The van der Waals surface area contributed by atoms with Crippen molar-refractivity contribution in [3.05, 3.63) is 53.9 Å². The average Bonchev–Trinajstić information content (AvgIpc) is 2.99. The summed E-state index contributed by atoms with van der Waals surface area (Å²) in [4.78, 5) is 20.8. The number of aromatic nitrogens is 2. The Hall–Kier alpha value is -3.02. The minimum Gasteiger partial charge on any atom is -0.490 e. The Morgan fingerprint density at radius 1 is 1.14 bits per heavy atom. The van der Waals surface area contributed by atoms with E-state index in [-0.39, 0.29) is 18.4 Å². The number of nitrogens with one attached hydrogen (secondary N) is 2. The molecule has 6 heteroatoms. The third-order valence-electron chi connectivity index (χ3n) is 4.96. The average molecular weight is 393 g/mol. The van der Waals surface area contributed by atoms with Gasteiger partial charge in [0.15, 0.2) is 11.5 Å². The summed E-state index contributed by atoms with van der Waals surface area (Å²) in [6.45, 7) is 5.57. The maximum absolute atomic E-state index is 12.8. The number of fused-ring (bicyclic) bond motifs is 2. The van der Waals surface area contributed by atoms with Crippen LogP contribution in [-0.4, -0.2) is 29.1 Å². The van der Waals surface area contributed by atoms with Crippen molar-refractivity contribution < 1.29 is 14.3 Å². The lowest BCUT2D eigenvalue weighted by Crippen LogP contribution is -2.31. The van der Waals surface area contributed by atoms with Gasteiger partial charge in [-0.3, -0.25) is 4.79 Å². The number of hydrogen-bond acceptors (Lipinski definition) is 4. The molecule has 4 rings (SSSR count). The second-order valence-corrected chi connectivity index (χ2v) is 7.90. The number of H-pyrrole nitrogens is 1. The molecule has 152 valence electrons. The lowest BCUT2D eigenvalue weighted by Gasteiger charge is -2.19. The van der Waals surface area contributed by atoms with Crippen molar-refractivity contribution in [2.45, 2.75) is 39.2 Å². The molecule has 1 unspecified atom stereocenters. The van der Waals surface area contributed by atoms with Crippen LogP contribution in [0.25, 0.3) is 11.0 Å². The number of ether oxygens (including phenoxy) is 2. The van der Waals surface area contributed by atoms with E-state index in [9.17, 15) is 4.79 Å². The summed E-state index contributed by atoms with van der Waals surface area (Å²) in [5.74, 6) is 2.64. The molecule has 2 aromatic carbocycles. The Bertz CT molecular complexity index is 963. The Balaban J connectivity index is 1.48. The van der Waals surface area contributed by atoms with E-state index in [2.05, 4.69) is 29.1 Å². The normalized spacial score (nSPS) is 14.6. The lowest BCUT2D eigenvalue weighted by molar-refractivity contribution is -0.121. The van der Waals surface area contributed by atoms with Crippen LogP contribution in [0, 0.1) is 5.92 Å². The van der Waals surface area contributed by atoms with Crippen LogP contribution in [-0.2, 0) is 11.2 Å². The van der Waals surface area contributed by atoms with E-state index in [1.807, 2.05) is 42.5 Å². The Morgan fingerprint density at radius 2 is 1.93 bits per heavy atom. The summed E-state index contributed by atoms with van der Waals surface area (Å²) in [5, 5.41) is 3.16. The molecule has 0 spiro atoms. The summed E-state index contributed by atoms with van der Waals surface area (Å²) in [7, 11) is 0. The highest BCUT2D eigenvalue weighted by Crippen LogP contribution is 2.30. The summed E-state index contributed by atoms with van der Waals surface area (Å²) in [6.07, 6.45) is 1.96. The molecule has 1 aromatic heterocycles. The second kappa shape index (κ2) is 8.55. The maximum Gasteiger partial charge on any atom is 0.225 e. The van der Waals surface area contributed by atoms with Gasteiger partial charge < -0.3 is 19.8 Å². The van der Waals surface area contributed by atoms with E-state index >= 15 is 0 Å². The smallest absolute Gasteiger partial charge is 0.225 e. The number of benzene rings is 2. The predicted molar refractivity (Wildman–Crippen MR) is 112 cm³/mol. The Morgan fingerprint density at radius 3 is 2.72 bits per heavy atom. The lowest BCUT2D eigenvalue weighted by atomic mass is 10.0. The van der Waals surface area contributed by atoms with Gasteiger partial charge in [0.1, 0.15) is 5.82 Å². The van der Waals surface area contributed by atoms with Gasteiger partial charge in [0, 0.05) is 6.42 Å². The van der Waals surface area contributed by atoms with Crippen LogP contribution in [0.5, 0.6) is 11.5 Å². The largest absolute Gasteiger partial charge is 0.490 e. The van der Waals surface area contributed by atoms with Gasteiger partial charge >= 0.3 is 0 Å². The zero-order valence-electron chi connectivity index (χ0n) is 16.9. The first kappa shape index (κ1) is 19.3. The van der Waals surface area contributed by atoms with Gasteiger partial charge in [0.2, 0.25) is 5.91 Å². The first-order valence-corrected chi connectivity index (χ1v) is 10.2. The fourth-order valence-electron chi connectivity index (χ4n) is 3.60. The van der Waals surface area contributed by atoms with Crippen molar-refractivity contribution in [3.63, 3.8) is 0 Å². The molecule has 0 aliphatic carbocycles. The molecule has 0 fully saturated rings. The number of carbonyl (C=O) groups is 1. The highest BCUT2D eigenvalue weighted by atomic mass is 16.5. The van der Waals surface area contributed by atoms with Crippen LogP contribution in [0.4, 0.5) is 0 Å². The molecule has 6 nitrogen and oxygen atoms in total. The standard InChI is InChI=1S/C23H27N3O3/c1-15(2)12-19(23-25-17-6-3-4-7-18(17)26-23)24-22(27)14-16-8-9-20-21(13-16)29-11-5-10-28-20/h3-4,6-9,13,15,19H,5,10-12,14H2,1-2H3,(H,24,27)(H,25,26). The molecule has 0 bridgehead atoms. The summed E-state index contributed by atoms with van der Waals surface area (Å²) in [6, 6.07) is 13.5. The van der Waals surface area contributed by atoms with Gasteiger partial charge in [0.25, 0.3) is 0 Å². The first-order chi connectivity index (χ1) is 14.1. The number of hydrogen-bond donors (Lipinski definition) is 2. The van der Waals surface area contributed by atoms with E-state index in [0.29, 0.717) is 24.9 Å². The predicted octanol–water partition coefficient (Wildman–Crippen LogP) is 4.17. The minimum atomic E-state index is -0.157. The van der Waals surface area contributed by atoms with Crippen molar-refractivity contribution in [2.75, 3.05) is 13.2 Å². The van der Waals surface area contributed by atoms with Crippen molar-refractivity contribution in [2.24, 2.45) is 5.92 Å². The highest BCUT2D eigenvalue weighted by Gasteiger charge is 2.20. The molecule has 1 aliphatic heterocycles. The molecule has 1 atom stereocenters. The number of aromatic amines is 1. The summed E-state index contributed by atoms with van der Waals surface area (Å²) >= 11 is 0. The van der Waals surface area contributed by atoms with E-state index in [1.165, 1.54) is 0 Å². The SMILES string of the molecule is CC(C)CC(NC(=O)Cc1ccc2c(c1)OCCCO2)c1nc2ccccc2[nH]1. The fourth-order valence-corrected chi connectivity index (χ4v) is 3.60. The molecule has 1 aliphatic rings. The van der Waals surface area contributed by atoms with E-state index in [1.54, 1.807) is 0 Å². The van der Waals surface area contributed by atoms with Crippen LogP contribution >= 0.6 is 0 Å². The fraction of sp³-hybridized carbons (Fsp3) is 0.391. The molecule has 0 saturated heterocycles. The van der Waals surface area contributed by atoms with Crippen molar-refractivity contribution >= 4 is 16.9 Å². The van der Waals surface area contributed by atoms with Crippen molar-refractivity contribution in [1.82, 2.24) is 15.3 Å². The zero-order chi connectivity index (χ0) is 20.2. The number of nitrogens with zero attached hydrogens (tertiary/aromatic N) is 1. The monoisotopic (exact) mass is 393 g/mol. The van der Waals surface area contributed by atoms with Crippen LogP contribution in [0.1, 0.15) is 44.1 Å². The third kappa shape index (κ3) is 4.70. The molecule has 29 heavy (non-hydrogen) atoms. The van der Waals surface area contributed by atoms with Crippen molar-refractivity contribution in [3.8, 4) is 11.5 Å². The van der Waals surface area contributed by atoms with Gasteiger partial charge in [-0.2, -0.15) is 0 Å². The van der Waals surface area contributed by atoms with Gasteiger partial charge in [0.05, 0.1) is 36.7 Å². The molecule has 1 amide bonds. The number of carbonyl (C=O) groups excluding carboxylic acids is 1. The molecular weight excluding hydrogens is 366 g/mol. The van der Waals surface area contributed by atoms with Crippen LogP contribution in [0.2, 0.25) is 0 Å². The van der Waals surface area contributed by atoms with E-state index in [4.69, 9.17) is 9.47 Å². The maximum atomic E-state index is 12.8. The van der Waals surface area contributed by atoms with Crippen molar-refractivity contribution in [1.29, 1.82) is 0 Å². The first-order valence-electron chi connectivity index (χ1n) is 10.2. The van der Waals surface area contributed by atoms with Crippen LogP contribution in [0.3, 0.4) is 0 Å². The molecule has 2 N–H and O–H groups in total. The Labute approximate surface area is 170 Å². The Kier molecular flexibility index (Phi) is 5.69. The number of para-hydroxylation sites is 2. The van der Waals surface area contributed by atoms with E-state index < -0.39 is 0 Å². The van der Waals surface area contributed by atoms with Gasteiger partial charge in [-0.15, -0.1) is 0 Å². The van der Waals surface area contributed by atoms with Crippen LogP contribution in [0.15, 0.2) is 42.5 Å². The van der Waals surface area contributed by atoms with Gasteiger partial charge in [-0.05, 0) is 42.2 Å². The highest BCUT2D eigenvalue weighted by molar-refractivity contribution is 5.79. The minimum absolute atomic E-state index is 0.0365. The molecule has 0 radical (unpaired) electrons. The number of rotatable bonds is 6. The topological polar surface area (TPSA) is 76.2 Å². The molecule has 0 saturated carbocycles. The van der Waals surface area contributed by atoms with E-state index in [0.717, 1.165) is 41.0 Å². The molecule has 2 heterocycles. The van der Waals surface area contributed by atoms with Gasteiger partial charge in [-0.25, -0.2) is 4.98 Å². The second-order valence-electron chi connectivity index (χ2n) is 7.90. The summed E-state index contributed by atoms with van der Waals surface area (Å²) < 4.78 is 11.4. The third-order valence-corrected chi connectivity index (χ3v) is 4.96. The quantitative estimate of drug-likeness (QED) is 0.659.